The Morgan fingerprint density at radius 1 is 0.686 bits per heavy atom. The standard InChI is InChI=1S/C22H39N5O8/c1-11(2)9-13(23)19(31)25-15(6-8-18(29)30)20(32)26-14(5-7-17(24)28)21(33)27-16(22(34)35)10-12(3)4/h11-16H,5-10,23H2,1-4H3,(H2,24,28)(H,25,31)(H,26,32)(H,27,33)(H,29,30)(H,34,35)/t13-,14-,15-,16-/m0/s1. The average Bonchev–Trinajstić information content (AvgIpc) is 2.71. The first-order valence-corrected chi connectivity index (χ1v) is 11.5. The number of carboxylic acid groups (broad SMARTS) is 2. The summed E-state index contributed by atoms with van der Waals surface area (Å²) in [7, 11) is 0. The second kappa shape index (κ2) is 15.6. The molecular formula is C22H39N5O8. The van der Waals surface area contributed by atoms with Crippen molar-refractivity contribution in [2.45, 2.75) is 90.4 Å². The Morgan fingerprint density at radius 2 is 1.11 bits per heavy atom. The van der Waals surface area contributed by atoms with Crippen molar-refractivity contribution in [1.29, 1.82) is 0 Å². The third-order valence-electron chi connectivity index (χ3n) is 4.98. The van der Waals surface area contributed by atoms with E-state index in [2.05, 4.69) is 16.0 Å². The summed E-state index contributed by atoms with van der Waals surface area (Å²) in [6.07, 6.45) is -0.793. The molecule has 0 aromatic rings. The highest BCUT2D eigenvalue weighted by Gasteiger charge is 2.31. The lowest BCUT2D eigenvalue weighted by Gasteiger charge is -2.25. The molecule has 0 aliphatic heterocycles. The number of primary amides is 1. The summed E-state index contributed by atoms with van der Waals surface area (Å²) in [4.78, 5) is 71.9. The van der Waals surface area contributed by atoms with E-state index in [-0.39, 0.29) is 37.5 Å². The summed E-state index contributed by atoms with van der Waals surface area (Å²) >= 11 is 0. The number of rotatable bonds is 17. The van der Waals surface area contributed by atoms with E-state index in [4.69, 9.17) is 16.6 Å². The van der Waals surface area contributed by atoms with Gasteiger partial charge in [-0.15, -0.1) is 0 Å². The molecule has 0 rings (SSSR count). The van der Waals surface area contributed by atoms with Gasteiger partial charge >= 0.3 is 11.9 Å². The largest absolute Gasteiger partial charge is 0.481 e. The van der Waals surface area contributed by atoms with Crippen LogP contribution in [0, 0.1) is 11.8 Å². The molecule has 0 aliphatic carbocycles. The van der Waals surface area contributed by atoms with Gasteiger partial charge in [0, 0.05) is 12.8 Å². The molecule has 0 aromatic carbocycles. The van der Waals surface area contributed by atoms with Crippen LogP contribution in [0.4, 0.5) is 0 Å². The van der Waals surface area contributed by atoms with E-state index in [9.17, 15) is 33.9 Å². The molecule has 13 heteroatoms. The molecule has 9 N–H and O–H groups in total. The van der Waals surface area contributed by atoms with Crippen LogP contribution in [0.25, 0.3) is 0 Å². The van der Waals surface area contributed by atoms with E-state index < -0.39 is 66.2 Å². The highest BCUT2D eigenvalue weighted by Crippen LogP contribution is 2.08. The zero-order valence-electron chi connectivity index (χ0n) is 20.7. The molecule has 200 valence electrons. The maximum atomic E-state index is 12.9. The molecule has 0 aliphatic rings. The second-order valence-electron chi connectivity index (χ2n) is 9.32. The Labute approximate surface area is 204 Å². The molecular weight excluding hydrogens is 462 g/mol. The monoisotopic (exact) mass is 501 g/mol. The Balaban J connectivity index is 5.64. The van der Waals surface area contributed by atoms with E-state index in [1.54, 1.807) is 13.8 Å². The number of nitrogens with one attached hydrogen (secondary N) is 3. The first-order valence-electron chi connectivity index (χ1n) is 11.5. The molecule has 0 radical (unpaired) electrons. The minimum atomic E-state index is -1.35. The molecule has 0 heterocycles. The van der Waals surface area contributed by atoms with Crippen molar-refractivity contribution in [2.24, 2.45) is 23.3 Å². The van der Waals surface area contributed by atoms with E-state index >= 15 is 0 Å². The quantitative estimate of drug-likeness (QED) is 0.130. The number of carboxylic acids is 2. The maximum absolute atomic E-state index is 12.9. The Morgan fingerprint density at radius 3 is 1.51 bits per heavy atom. The first kappa shape index (κ1) is 31.8. The van der Waals surface area contributed by atoms with Gasteiger partial charge in [0.05, 0.1) is 6.04 Å². The van der Waals surface area contributed by atoms with Gasteiger partial charge in [-0.05, 0) is 37.5 Å². The van der Waals surface area contributed by atoms with Crippen molar-refractivity contribution in [3.05, 3.63) is 0 Å². The summed E-state index contributed by atoms with van der Waals surface area (Å²) in [6.45, 7) is 7.25. The fourth-order valence-electron chi connectivity index (χ4n) is 3.22. The lowest BCUT2D eigenvalue weighted by atomic mass is 10.0. The topological polar surface area (TPSA) is 231 Å². The summed E-state index contributed by atoms with van der Waals surface area (Å²) in [5.74, 6) is -5.57. The smallest absolute Gasteiger partial charge is 0.326 e. The van der Waals surface area contributed by atoms with Crippen molar-refractivity contribution >= 4 is 35.6 Å². The molecule has 35 heavy (non-hydrogen) atoms. The second-order valence-corrected chi connectivity index (χ2v) is 9.32. The van der Waals surface area contributed by atoms with Crippen molar-refractivity contribution in [3.8, 4) is 0 Å². The maximum Gasteiger partial charge on any atom is 0.326 e. The number of carbonyl (C=O) groups excluding carboxylic acids is 4. The highest BCUT2D eigenvalue weighted by atomic mass is 16.4. The van der Waals surface area contributed by atoms with E-state index in [0.29, 0.717) is 6.42 Å². The Bertz CT molecular complexity index is 771. The van der Waals surface area contributed by atoms with Gasteiger partial charge in [-0.2, -0.15) is 0 Å². The van der Waals surface area contributed by atoms with Gasteiger partial charge in [-0.25, -0.2) is 4.79 Å². The molecule has 0 fully saturated rings. The number of hydrogen-bond donors (Lipinski definition) is 7. The van der Waals surface area contributed by atoms with Crippen LogP contribution in [-0.2, 0) is 28.8 Å². The van der Waals surface area contributed by atoms with E-state index in [1.807, 2.05) is 13.8 Å². The van der Waals surface area contributed by atoms with Crippen molar-refractivity contribution in [3.63, 3.8) is 0 Å². The van der Waals surface area contributed by atoms with Crippen LogP contribution in [0.1, 0.15) is 66.2 Å². The van der Waals surface area contributed by atoms with Gasteiger partial charge in [0.15, 0.2) is 0 Å². The molecule has 0 unspecified atom stereocenters. The summed E-state index contributed by atoms with van der Waals surface area (Å²) in [5, 5.41) is 25.5. The van der Waals surface area contributed by atoms with E-state index in [0.717, 1.165) is 0 Å². The van der Waals surface area contributed by atoms with Crippen LogP contribution in [-0.4, -0.2) is 69.9 Å². The third kappa shape index (κ3) is 13.9. The van der Waals surface area contributed by atoms with Crippen LogP contribution in [0.5, 0.6) is 0 Å². The van der Waals surface area contributed by atoms with Crippen LogP contribution in [0.15, 0.2) is 0 Å². The van der Waals surface area contributed by atoms with Crippen molar-refractivity contribution < 1.29 is 39.0 Å². The average molecular weight is 502 g/mol. The number of amides is 4. The van der Waals surface area contributed by atoms with Gasteiger partial charge in [0.25, 0.3) is 0 Å². The van der Waals surface area contributed by atoms with Crippen LogP contribution < -0.4 is 27.4 Å². The number of aliphatic carboxylic acids is 2. The number of nitrogens with two attached hydrogens (primary N) is 2. The fourth-order valence-corrected chi connectivity index (χ4v) is 3.22. The molecule has 13 nitrogen and oxygen atoms in total. The fraction of sp³-hybridized carbons (Fsp3) is 0.727. The predicted octanol–water partition coefficient (Wildman–Crippen LogP) is -0.925. The third-order valence-corrected chi connectivity index (χ3v) is 4.98. The molecule has 0 bridgehead atoms. The first-order chi connectivity index (χ1) is 16.1. The number of hydrogen-bond acceptors (Lipinski definition) is 7. The molecule has 4 atom stereocenters. The SMILES string of the molecule is CC(C)C[C@H](NC(=O)[C@H](CCC(N)=O)NC(=O)[C@H](CCC(=O)O)NC(=O)[C@@H](N)CC(C)C)C(=O)O. The summed E-state index contributed by atoms with van der Waals surface area (Å²) in [5.41, 5.74) is 11.0. The minimum absolute atomic E-state index is 0.0549. The van der Waals surface area contributed by atoms with Gasteiger partial charge < -0.3 is 37.6 Å². The van der Waals surface area contributed by atoms with E-state index in [1.165, 1.54) is 0 Å². The van der Waals surface area contributed by atoms with Crippen LogP contribution >= 0.6 is 0 Å². The molecule has 0 spiro atoms. The van der Waals surface area contributed by atoms with Crippen molar-refractivity contribution in [1.82, 2.24) is 16.0 Å². The summed E-state index contributed by atoms with van der Waals surface area (Å²) in [6, 6.07) is -4.84. The predicted molar refractivity (Wildman–Crippen MR) is 126 cm³/mol. The number of carbonyl (C=O) groups is 6. The van der Waals surface area contributed by atoms with Gasteiger partial charge in [0.1, 0.15) is 18.1 Å². The minimum Gasteiger partial charge on any atom is -0.481 e. The Hall–Kier alpha value is -3.22. The Kier molecular flexibility index (Phi) is 14.2. The zero-order chi connectivity index (χ0) is 27.3. The summed E-state index contributed by atoms with van der Waals surface area (Å²) < 4.78 is 0. The van der Waals surface area contributed by atoms with Gasteiger partial charge in [0.2, 0.25) is 23.6 Å². The lowest BCUT2D eigenvalue weighted by Crippen LogP contribution is -2.57. The van der Waals surface area contributed by atoms with Gasteiger partial charge in [-0.1, -0.05) is 27.7 Å². The lowest BCUT2D eigenvalue weighted by molar-refractivity contribution is -0.143. The van der Waals surface area contributed by atoms with Crippen LogP contribution in [0.2, 0.25) is 0 Å². The van der Waals surface area contributed by atoms with Gasteiger partial charge in [-0.3, -0.25) is 24.0 Å². The van der Waals surface area contributed by atoms with Crippen molar-refractivity contribution in [2.75, 3.05) is 0 Å². The zero-order valence-corrected chi connectivity index (χ0v) is 20.7. The normalized spacial score (nSPS) is 14.5. The molecule has 0 saturated heterocycles. The molecule has 0 aromatic heterocycles. The highest BCUT2D eigenvalue weighted by molar-refractivity contribution is 5.94. The van der Waals surface area contributed by atoms with Crippen LogP contribution in [0.3, 0.4) is 0 Å². The molecule has 4 amide bonds. The molecule has 0 saturated carbocycles.